The highest BCUT2D eigenvalue weighted by Gasteiger charge is 2.12. The molecular formula is C17H12N4O2. The lowest BCUT2D eigenvalue weighted by Gasteiger charge is -2.09. The van der Waals surface area contributed by atoms with E-state index in [2.05, 4.69) is 16.0 Å². The molecule has 3 rings (SSSR count). The Morgan fingerprint density at radius 1 is 1.22 bits per heavy atom. The van der Waals surface area contributed by atoms with Crippen LogP contribution in [0.1, 0.15) is 21.5 Å². The lowest BCUT2D eigenvalue weighted by atomic mass is 10.1. The van der Waals surface area contributed by atoms with E-state index in [4.69, 9.17) is 5.11 Å². The summed E-state index contributed by atoms with van der Waals surface area (Å²) in [6.07, 6.45) is 4.85. The third kappa shape index (κ3) is 2.94. The summed E-state index contributed by atoms with van der Waals surface area (Å²) in [5, 5.41) is 18.3. The number of carbonyl (C=O) groups is 1. The molecule has 0 spiro atoms. The number of benzene rings is 1. The predicted molar refractivity (Wildman–Crippen MR) is 82.7 cm³/mol. The molecule has 0 saturated heterocycles. The number of aromatic nitrogens is 3. The standard InChI is InChI=1S/C17H12N4O2/c18-10-13-3-1-2-4-14(13)11-21-8-7-20-16(21)15-9-12(17(22)23)5-6-19-15/h1-9H,11H2,(H,22,23). The van der Waals surface area contributed by atoms with Crippen LogP contribution in [0.5, 0.6) is 0 Å². The maximum Gasteiger partial charge on any atom is 0.335 e. The first-order valence-corrected chi connectivity index (χ1v) is 6.88. The minimum Gasteiger partial charge on any atom is -0.478 e. The molecule has 112 valence electrons. The number of pyridine rings is 1. The molecule has 0 saturated carbocycles. The van der Waals surface area contributed by atoms with Gasteiger partial charge in [0.1, 0.15) is 5.69 Å². The Labute approximate surface area is 132 Å². The van der Waals surface area contributed by atoms with E-state index in [0.717, 1.165) is 5.56 Å². The molecule has 0 aliphatic heterocycles. The smallest absolute Gasteiger partial charge is 0.335 e. The quantitative estimate of drug-likeness (QED) is 0.799. The van der Waals surface area contributed by atoms with Crippen LogP contribution in [0.25, 0.3) is 11.5 Å². The second-order valence-corrected chi connectivity index (χ2v) is 4.88. The van der Waals surface area contributed by atoms with Crippen molar-refractivity contribution in [1.82, 2.24) is 14.5 Å². The number of rotatable bonds is 4. The van der Waals surface area contributed by atoms with Crippen molar-refractivity contribution >= 4 is 5.97 Å². The maximum atomic E-state index is 11.1. The lowest BCUT2D eigenvalue weighted by Crippen LogP contribution is -2.05. The van der Waals surface area contributed by atoms with Crippen LogP contribution in [0.4, 0.5) is 0 Å². The van der Waals surface area contributed by atoms with E-state index in [0.29, 0.717) is 23.6 Å². The summed E-state index contributed by atoms with van der Waals surface area (Å²) in [6, 6.07) is 12.4. The second-order valence-electron chi connectivity index (χ2n) is 4.88. The SMILES string of the molecule is N#Cc1ccccc1Cn1ccnc1-c1cc(C(=O)O)ccn1. The van der Waals surface area contributed by atoms with Crippen molar-refractivity contribution in [3.05, 3.63) is 71.7 Å². The van der Waals surface area contributed by atoms with Crippen molar-refractivity contribution in [3.63, 3.8) is 0 Å². The van der Waals surface area contributed by atoms with Gasteiger partial charge in [-0.1, -0.05) is 18.2 Å². The highest BCUT2D eigenvalue weighted by Crippen LogP contribution is 2.19. The van der Waals surface area contributed by atoms with E-state index in [1.165, 1.54) is 18.3 Å². The highest BCUT2D eigenvalue weighted by molar-refractivity contribution is 5.88. The molecule has 0 aliphatic rings. The van der Waals surface area contributed by atoms with Crippen LogP contribution in [-0.4, -0.2) is 25.6 Å². The molecular weight excluding hydrogens is 292 g/mol. The topological polar surface area (TPSA) is 91.8 Å². The molecule has 2 aromatic heterocycles. The van der Waals surface area contributed by atoms with Crippen LogP contribution in [0.15, 0.2) is 55.0 Å². The van der Waals surface area contributed by atoms with Crippen molar-refractivity contribution in [2.45, 2.75) is 6.54 Å². The van der Waals surface area contributed by atoms with E-state index in [1.807, 2.05) is 22.8 Å². The fourth-order valence-corrected chi connectivity index (χ4v) is 2.31. The summed E-state index contributed by atoms with van der Waals surface area (Å²) in [7, 11) is 0. The molecule has 0 aliphatic carbocycles. The molecule has 1 N–H and O–H groups in total. The van der Waals surface area contributed by atoms with Gasteiger partial charge in [0.15, 0.2) is 5.82 Å². The van der Waals surface area contributed by atoms with Gasteiger partial charge in [0.2, 0.25) is 0 Å². The van der Waals surface area contributed by atoms with Crippen LogP contribution in [0, 0.1) is 11.3 Å². The summed E-state index contributed by atoms with van der Waals surface area (Å²) >= 11 is 0. The van der Waals surface area contributed by atoms with Gasteiger partial charge in [0.25, 0.3) is 0 Å². The fourth-order valence-electron chi connectivity index (χ4n) is 2.31. The van der Waals surface area contributed by atoms with Gasteiger partial charge in [-0.25, -0.2) is 9.78 Å². The zero-order chi connectivity index (χ0) is 16.2. The van der Waals surface area contributed by atoms with Gasteiger partial charge in [-0.2, -0.15) is 5.26 Å². The van der Waals surface area contributed by atoms with Gasteiger partial charge in [0.05, 0.1) is 23.7 Å². The predicted octanol–water partition coefficient (Wildman–Crippen LogP) is 2.56. The molecule has 23 heavy (non-hydrogen) atoms. The van der Waals surface area contributed by atoms with Crippen LogP contribution < -0.4 is 0 Å². The molecule has 0 radical (unpaired) electrons. The second kappa shape index (κ2) is 6.12. The van der Waals surface area contributed by atoms with E-state index in [1.54, 1.807) is 18.5 Å². The fraction of sp³-hybridized carbons (Fsp3) is 0.0588. The van der Waals surface area contributed by atoms with Crippen LogP contribution in [-0.2, 0) is 6.54 Å². The zero-order valence-electron chi connectivity index (χ0n) is 12.0. The third-order valence-electron chi connectivity index (χ3n) is 3.43. The zero-order valence-corrected chi connectivity index (χ0v) is 12.0. The van der Waals surface area contributed by atoms with Gasteiger partial charge in [-0.05, 0) is 23.8 Å². The first-order chi connectivity index (χ1) is 11.2. The highest BCUT2D eigenvalue weighted by atomic mass is 16.4. The number of hydrogen-bond acceptors (Lipinski definition) is 4. The van der Waals surface area contributed by atoms with Crippen molar-refractivity contribution in [2.75, 3.05) is 0 Å². The number of nitriles is 1. The molecule has 0 bridgehead atoms. The average Bonchev–Trinajstić information content (AvgIpc) is 3.03. The van der Waals surface area contributed by atoms with Gasteiger partial charge in [-0.15, -0.1) is 0 Å². The number of carboxylic acids is 1. The van der Waals surface area contributed by atoms with Crippen LogP contribution in [0.2, 0.25) is 0 Å². The Bertz CT molecular complexity index is 909. The van der Waals surface area contributed by atoms with E-state index >= 15 is 0 Å². The molecule has 1 aromatic carbocycles. The number of nitrogens with zero attached hydrogens (tertiary/aromatic N) is 4. The van der Waals surface area contributed by atoms with Gasteiger partial charge in [-0.3, -0.25) is 4.98 Å². The normalized spacial score (nSPS) is 10.2. The number of carboxylic acid groups (broad SMARTS) is 1. The summed E-state index contributed by atoms with van der Waals surface area (Å²) in [5.74, 6) is -0.456. The van der Waals surface area contributed by atoms with Crippen molar-refractivity contribution in [1.29, 1.82) is 5.26 Å². The van der Waals surface area contributed by atoms with Crippen molar-refractivity contribution < 1.29 is 9.90 Å². The third-order valence-corrected chi connectivity index (χ3v) is 3.43. The van der Waals surface area contributed by atoms with E-state index < -0.39 is 5.97 Å². The molecule has 3 aromatic rings. The Hall–Kier alpha value is -3.46. The lowest BCUT2D eigenvalue weighted by molar-refractivity contribution is 0.0697. The summed E-state index contributed by atoms with van der Waals surface area (Å²) in [6.45, 7) is 0.456. The van der Waals surface area contributed by atoms with Gasteiger partial charge < -0.3 is 9.67 Å². The molecule has 0 amide bonds. The number of hydrogen-bond donors (Lipinski definition) is 1. The average molecular weight is 304 g/mol. The Balaban J connectivity index is 1.99. The summed E-state index contributed by atoms with van der Waals surface area (Å²) < 4.78 is 1.84. The molecule has 6 heteroatoms. The van der Waals surface area contributed by atoms with Crippen LogP contribution >= 0.6 is 0 Å². The molecule has 0 fully saturated rings. The number of aromatic carboxylic acids is 1. The molecule has 6 nitrogen and oxygen atoms in total. The maximum absolute atomic E-state index is 11.1. The summed E-state index contributed by atoms with van der Waals surface area (Å²) in [5.41, 5.74) is 2.09. The minimum atomic E-state index is -1.01. The van der Waals surface area contributed by atoms with Gasteiger partial charge >= 0.3 is 5.97 Å². The number of imidazole rings is 1. The Morgan fingerprint density at radius 3 is 2.83 bits per heavy atom. The van der Waals surface area contributed by atoms with Gasteiger partial charge in [0, 0.05) is 18.6 Å². The first-order valence-electron chi connectivity index (χ1n) is 6.88. The molecule has 0 unspecified atom stereocenters. The van der Waals surface area contributed by atoms with E-state index in [9.17, 15) is 10.1 Å². The van der Waals surface area contributed by atoms with Crippen molar-refractivity contribution in [2.24, 2.45) is 0 Å². The Morgan fingerprint density at radius 2 is 2.04 bits per heavy atom. The monoisotopic (exact) mass is 304 g/mol. The molecule has 2 heterocycles. The summed E-state index contributed by atoms with van der Waals surface area (Å²) in [4.78, 5) is 19.6. The first kappa shape index (κ1) is 14.5. The largest absolute Gasteiger partial charge is 0.478 e. The Kier molecular flexibility index (Phi) is 3.85. The van der Waals surface area contributed by atoms with Crippen LogP contribution in [0.3, 0.4) is 0 Å². The minimum absolute atomic E-state index is 0.155. The van der Waals surface area contributed by atoms with E-state index in [-0.39, 0.29) is 5.56 Å². The van der Waals surface area contributed by atoms with Crippen molar-refractivity contribution in [3.8, 4) is 17.6 Å². The molecule has 0 atom stereocenters.